The molecule has 1 saturated carbocycles. The number of amides is 1. The van der Waals surface area contributed by atoms with Gasteiger partial charge < -0.3 is 24.2 Å². The standard InChI is InChI=1S/C28H35N3O3.C10H8O4S/c32-26(30-25-12-6-9-17-29-25)21-31-18-13-22(14-19-31)24(20-31)34-27(33)28(15-7-1-2-8-16-28)23-10-4-3-5-11-23;11-10-8-4-2-1-3-7(8)5-6-9(10)15(12,13)14/h3-6,9-12,17,22,24H,1-2,7-8,13-16,18-21H2;1-6,11H,(H,12,13,14)/t22?,24-,31?;/m0./s1. The van der Waals surface area contributed by atoms with Crippen LogP contribution in [0.3, 0.4) is 0 Å². The van der Waals surface area contributed by atoms with Gasteiger partial charge in [0.15, 0.2) is 12.6 Å². The van der Waals surface area contributed by atoms with Crippen LogP contribution in [0.25, 0.3) is 10.8 Å². The maximum absolute atomic E-state index is 13.9. The van der Waals surface area contributed by atoms with E-state index in [4.69, 9.17) is 4.74 Å². The maximum Gasteiger partial charge on any atom is 0.317 e. The fourth-order valence-electron chi connectivity index (χ4n) is 7.89. The summed E-state index contributed by atoms with van der Waals surface area (Å²) in [6.07, 6.45) is 9.79. The zero-order chi connectivity index (χ0) is 34.5. The lowest BCUT2D eigenvalue weighted by atomic mass is 9.74. The lowest BCUT2D eigenvalue weighted by Gasteiger charge is -2.52. The second kappa shape index (κ2) is 14.7. The molecule has 0 unspecified atom stereocenters. The second-order valence-corrected chi connectivity index (χ2v) is 15.0. The SMILES string of the molecule is O=C(C[N+]12CCC(CC1)[C@@H](OC(=O)C1(c3ccccc3)CCCCCC1)C2)Nc1ccccn1.O=S(=O)([O-])c1ccc2ccccc2c1O. The summed E-state index contributed by atoms with van der Waals surface area (Å²) in [5.41, 5.74) is 0.562. The van der Waals surface area contributed by atoms with E-state index in [2.05, 4.69) is 22.4 Å². The van der Waals surface area contributed by atoms with E-state index in [1.54, 1.807) is 36.5 Å². The number of fused-ring (bicyclic) bond motifs is 4. The van der Waals surface area contributed by atoms with Crippen molar-refractivity contribution in [3.63, 3.8) is 0 Å². The molecule has 49 heavy (non-hydrogen) atoms. The molecule has 1 aromatic heterocycles. The highest BCUT2D eigenvalue weighted by Crippen LogP contribution is 2.42. The number of hydrogen-bond acceptors (Lipinski definition) is 8. The lowest BCUT2D eigenvalue weighted by Crippen LogP contribution is -2.66. The van der Waals surface area contributed by atoms with Gasteiger partial charge in [0.25, 0.3) is 5.91 Å². The maximum atomic E-state index is 13.9. The Bertz CT molecular complexity index is 1870. The van der Waals surface area contributed by atoms with E-state index in [-0.39, 0.29) is 18.0 Å². The predicted octanol–water partition coefficient (Wildman–Crippen LogP) is 5.91. The van der Waals surface area contributed by atoms with Gasteiger partial charge in [-0.15, -0.1) is 0 Å². The molecule has 258 valence electrons. The Morgan fingerprint density at radius 2 is 1.57 bits per heavy atom. The van der Waals surface area contributed by atoms with Crippen molar-refractivity contribution >= 4 is 38.6 Å². The molecule has 4 aliphatic rings. The van der Waals surface area contributed by atoms with Gasteiger partial charge in [-0.3, -0.25) is 9.59 Å². The van der Waals surface area contributed by atoms with E-state index in [0.717, 1.165) is 69.8 Å². The molecule has 3 aliphatic heterocycles. The van der Waals surface area contributed by atoms with Gasteiger partial charge >= 0.3 is 5.97 Å². The number of quaternary nitrogens is 1. The Labute approximate surface area is 287 Å². The van der Waals surface area contributed by atoms with Crippen molar-refractivity contribution in [2.24, 2.45) is 5.92 Å². The van der Waals surface area contributed by atoms with Crippen molar-refractivity contribution in [1.29, 1.82) is 0 Å². The van der Waals surface area contributed by atoms with Gasteiger partial charge in [-0.05, 0) is 42.0 Å². The first-order chi connectivity index (χ1) is 23.6. The zero-order valence-electron chi connectivity index (χ0n) is 27.5. The number of esters is 1. The van der Waals surface area contributed by atoms with E-state index >= 15 is 0 Å². The van der Waals surface area contributed by atoms with Gasteiger partial charge in [0, 0.05) is 30.3 Å². The monoisotopic (exact) mass is 685 g/mol. The molecule has 4 fully saturated rings. The molecule has 1 aliphatic carbocycles. The highest BCUT2D eigenvalue weighted by atomic mass is 32.2. The fraction of sp³-hybridized carbons (Fsp3) is 0.395. The Morgan fingerprint density at radius 1 is 0.898 bits per heavy atom. The summed E-state index contributed by atoms with van der Waals surface area (Å²) in [7, 11) is -4.62. The molecule has 3 aromatic carbocycles. The van der Waals surface area contributed by atoms with Crippen molar-refractivity contribution in [3.8, 4) is 5.75 Å². The average molecular weight is 686 g/mol. The number of piperidine rings is 3. The summed E-state index contributed by atoms with van der Waals surface area (Å²) in [5.74, 6) is 0.437. The molecule has 4 aromatic rings. The van der Waals surface area contributed by atoms with Crippen LogP contribution in [0.15, 0.2) is 96.0 Å². The largest absolute Gasteiger partial charge is 0.744 e. The first-order valence-electron chi connectivity index (χ1n) is 17.1. The summed E-state index contributed by atoms with van der Waals surface area (Å²) < 4.78 is 39.4. The third kappa shape index (κ3) is 7.79. The number of phenolic OH excluding ortho intramolecular Hbond substituents is 1. The number of carbonyl (C=O) groups excluding carboxylic acids is 2. The minimum absolute atomic E-state index is 0.0198. The fourth-order valence-corrected chi connectivity index (χ4v) is 8.47. The van der Waals surface area contributed by atoms with Crippen LogP contribution in [-0.2, 0) is 29.9 Å². The topological polar surface area (TPSA) is 146 Å². The number of ether oxygens (including phenoxy) is 1. The number of hydrogen-bond donors (Lipinski definition) is 2. The third-order valence-electron chi connectivity index (χ3n) is 10.5. The molecule has 0 radical (unpaired) electrons. The van der Waals surface area contributed by atoms with Crippen LogP contribution in [0.4, 0.5) is 5.82 Å². The molecular formula is C38H43N3O7S. The van der Waals surface area contributed by atoms with Crippen LogP contribution in [0.1, 0.15) is 56.9 Å². The third-order valence-corrected chi connectivity index (χ3v) is 11.4. The first-order valence-corrected chi connectivity index (χ1v) is 18.5. The van der Waals surface area contributed by atoms with E-state index < -0.39 is 26.2 Å². The molecule has 2 N–H and O–H groups in total. The minimum atomic E-state index is -4.62. The number of rotatable bonds is 7. The molecule has 8 rings (SSSR count). The molecule has 10 nitrogen and oxygen atoms in total. The Kier molecular flexibility index (Phi) is 10.3. The van der Waals surface area contributed by atoms with Crippen LogP contribution in [0.5, 0.6) is 5.75 Å². The number of nitrogens with zero attached hydrogens (tertiary/aromatic N) is 2. The number of carbonyl (C=O) groups is 2. The minimum Gasteiger partial charge on any atom is -0.744 e. The summed E-state index contributed by atoms with van der Waals surface area (Å²) in [4.78, 5) is 30.3. The van der Waals surface area contributed by atoms with E-state index in [1.165, 1.54) is 18.9 Å². The summed E-state index contributed by atoms with van der Waals surface area (Å²) in [5, 5.41) is 13.6. The predicted molar refractivity (Wildman–Crippen MR) is 185 cm³/mol. The summed E-state index contributed by atoms with van der Waals surface area (Å²) >= 11 is 0. The number of aromatic hydroxyl groups is 1. The molecular weight excluding hydrogens is 642 g/mol. The van der Waals surface area contributed by atoms with E-state index in [9.17, 15) is 27.7 Å². The molecule has 2 bridgehead atoms. The van der Waals surface area contributed by atoms with Gasteiger partial charge in [-0.1, -0.05) is 92.4 Å². The molecule has 11 heteroatoms. The second-order valence-electron chi connectivity index (χ2n) is 13.6. The van der Waals surface area contributed by atoms with Gasteiger partial charge in [0.2, 0.25) is 0 Å². The van der Waals surface area contributed by atoms with Crippen molar-refractivity contribution in [2.75, 3.05) is 31.5 Å². The van der Waals surface area contributed by atoms with Crippen molar-refractivity contribution < 1.29 is 36.9 Å². The molecule has 1 amide bonds. The Hall–Kier alpha value is -4.32. The molecule has 4 heterocycles. The van der Waals surface area contributed by atoms with Crippen LogP contribution >= 0.6 is 0 Å². The van der Waals surface area contributed by atoms with E-state index in [0.29, 0.717) is 33.5 Å². The van der Waals surface area contributed by atoms with E-state index in [1.807, 2.05) is 30.3 Å². The highest BCUT2D eigenvalue weighted by molar-refractivity contribution is 7.85. The molecule has 1 atom stereocenters. The zero-order valence-corrected chi connectivity index (χ0v) is 28.3. The lowest BCUT2D eigenvalue weighted by molar-refractivity contribution is -0.939. The smallest absolute Gasteiger partial charge is 0.317 e. The van der Waals surface area contributed by atoms with Crippen molar-refractivity contribution in [1.82, 2.24) is 4.98 Å². The highest BCUT2D eigenvalue weighted by Gasteiger charge is 2.51. The normalized spacial score (nSPS) is 23.0. The number of anilines is 1. The quantitative estimate of drug-likeness (QED) is 0.106. The summed E-state index contributed by atoms with van der Waals surface area (Å²) in [6, 6.07) is 25.1. The Balaban J connectivity index is 0.000000232. The van der Waals surface area contributed by atoms with Crippen LogP contribution < -0.4 is 5.32 Å². The molecule has 0 spiro atoms. The average Bonchev–Trinajstić information content (AvgIpc) is 3.37. The number of pyridine rings is 1. The van der Waals surface area contributed by atoms with Crippen molar-refractivity contribution in [2.45, 2.75) is 67.8 Å². The van der Waals surface area contributed by atoms with Gasteiger partial charge in [0.1, 0.15) is 28.2 Å². The number of benzene rings is 3. The van der Waals surface area contributed by atoms with Gasteiger partial charge in [-0.2, -0.15) is 0 Å². The number of aromatic nitrogens is 1. The number of phenols is 1. The number of nitrogens with one attached hydrogen (secondary N) is 1. The van der Waals surface area contributed by atoms with Crippen molar-refractivity contribution in [3.05, 3.63) is 96.7 Å². The first kappa shape index (κ1) is 34.5. The summed E-state index contributed by atoms with van der Waals surface area (Å²) in [6.45, 7) is 3.08. The van der Waals surface area contributed by atoms with Crippen LogP contribution in [0.2, 0.25) is 0 Å². The van der Waals surface area contributed by atoms with Gasteiger partial charge in [-0.25, -0.2) is 13.4 Å². The van der Waals surface area contributed by atoms with Gasteiger partial charge in [0.05, 0.1) is 23.4 Å². The molecule has 3 saturated heterocycles. The Morgan fingerprint density at radius 3 is 2.24 bits per heavy atom. The van der Waals surface area contributed by atoms with Crippen LogP contribution in [-0.4, -0.2) is 71.7 Å². The van der Waals surface area contributed by atoms with Crippen LogP contribution in [0, 0.1) is 5.92 Å².